The minimum atomic E-state index is 0.489. The monoisotopic (exact) mass is 248 g/mol. The van der Waals surface area contributed by atoms with Gasteiger partial charge in [-0.05, 0) is 57.2 Å². The van der Waals surface area contributed by atoms with Crippen molar-refractivity contribution in [2.45, 2.75) is 50.7 Å². The summed E-state index contributed by atoms with van der Waals surface area (Å²) in [6.45, 7) is 0.956. The van der Waals surface area contributed by atoms with Crippen molar-refractivity contribution in [2.75, 3.05) is 13.7 Å². The molecule has 0 spiro atoms. The van der Waals surface area contributed by atoms with Gasteiger partial charge in [-0.2, -0.15) is 0 Å². The van der Waals surface area contributed by atoms with Crippen LogP contribution in [0, 0.1) is 0 Å². The number of nitrogens with zero attached hydrogens (tertiary/aromatic N) is 1. The molecule has 0 aromatic carbocycles. The maximum Gasteiger partial charge on any atom is 0.0575 e. The Balaban J connectivity index is 1.75. The quantitative estimate of drug-likeness (QED) is 0.840. The average Bonchev–Trinajstić information content (AvgIpc) is 2.45. The van der Waals surface area contributed by atoms with Gasteiger partial charge in [-0.15, -0.1) is 0 Å². The van der Waals surface area contributed by atoms with E-state index in [0.717, 1.165) is 13.0 Å². The molecule has 2 atom stereocenters. The maximum atomic E-state index is 5.78. The fourth-order valence-corrected chi connectivity index (χ4v) is 2.57. The van der Waals surface area contributed by atoms with Gasteiger partial charge in [0.25, 0.3) is 0 Å². The molecule has 0 bridgehead atoms. The van der Waals surface area contributed by atoms with Crippen LogP contribution in [-0.4, -0.2) is 30.8 Å². The fraction of sp³-hybridized carbons (Fsp3) is 0.667. The number of rotatable bonds is 6. The molecule has 1 aromatic heterocycles. The Bertz CT molecular complexity index is 323. The zero-order valence-corrected chi connectivity index (χ0v) is 11.3. The Morgan fingerprint density at radius 2 is 2.44 bits per heavy atom. The largest absolute Gasteiger partial charge is 0.378 e. The van der Waals surface area contributed by atoms with Crippen LogP contribution in [0.5, 0.6) is 0 Å². The van der Waals surface area contributed by atoms with Crippen LogP contribution in [0.15, 0.2) is 24.5 Å². The van der Waals surface area contributed by atoms with Crippen molar-refractivity contribution in [3.8, 4) is 0 Å². The second-order valence-corrected chi connectivity index (χ2v) is 5.12. The normalized spacial score (nSPS) is 21.7. The summed E-state index contributed by atoms with van der Waals surface area (Å²) in [4.78, 5) is 4.17. The lowest BCUT2D eigenvalue weighted by atomic mass is 9.98. The summed E-state index contributed by atoms with van der Waals surface area (Å²) >= 11 is 0. The standard InChI is InChI=1S/C15H24N2O/c1-16-14(11-13-5-4-9-17-12-13)7-8-15-6-2-3-10-18-15/h4-5,9,12,14-16H,2-3,6-8,10-11H2,1H3. The molecule has 0 aliphatic carbocycles. The molecular weight excluding hydrogens is 224 g/mol. The van der Waals surface area contributed by atoms with Crippen LogP contribution in [-0.2, 0) is 11.2 Å². The van der Waals surface area contributed by atoms with E-state index in [1.54, 1.807) is 0 Å². The highest BCUT2D eigenvalue weighted by molar-refractivity contribution is 5.10. The first-order valence-corrected chi connectivity index (χ1v) is 7.06. The van der Waals surface area contributed by atoms with E-state index in [1.807, 2.05) is 25.5 Å². The second-order valence-electron chi connectivity index (χ2n) is 5.12. The summed E-state index contributed by atoms with van der Waals surface area (Å²) in [7, 11) is 2.04. The molecule has 0 saturated carbocycles. The molecule has 0 radical (unpaired) electrons. The molecule has 2 rings (SSSR count). The third kappa shape index (κ3) is 4.39. The smallest absolute Gasteiger partial charge is 0.0575 e. The van der Waals surface area contributed by atoms with Gasteiger partial charge >= 0.3 is 0 Å². The van der Waals surface area contributed by atoms with E-state index in [1.165, 1.54) is 37.7 Å². The van der Waals surface area contributed by atoms with Gasteiger partial charge in [0.05, 0.1) is 6.10 Å². The number of nitrogens with one attached hydrogen (secondary N) is 1. The van der Waals surface area contributed by atoms with Crippen molar-refractivity contribution in [3.05, 3.63) is 30.1 Å². The first-order chi connectivity index (χ1) is 8.88. The topological polar surface area (TPSA) is 34.1 Å². The predicted octanol–water partition coefficient (Wildman–Crippen LogP) is 2.56. The van der Waals surface area contributed by atoms with Gasteiger partial charge in [0.2, 0.25) is 0 Å². The molecule has 1 fully saturated rings. The summed E-state index contributed by atoms with van der Waals surface area (Å²) in [5.41, 5.74) is 1.31. The minimum Gasteiger partial charge on any atom is -0.378 e. The van der Waals surface area contributed by atoms with Crippen LogP contribution in [0.3, 0.4) is 0 Å². The Morgan fingerprint density at radius 3 is 3.11 bits per heavy atom. The van der Waals surface area contributed by atoms with E-state index in [-0.39, 0.29) is 0 Å². The van der Waals surface area contributed by atoms with Gasteiger partial charge in [-0.3, -0.25) is 4.98 Å². The van der Waals surface area contributed by atoms with Crippen molar-refractivity contribution >= 4 is 0 Å². The van der Waals surface area contributed by atoms with Gasteiger partial charge in [0.1, 0.15) is 0 Å². The predicted molar refractivity (Wildman–Crippen MR) is 73.6 cm³/mol. The highest BCUT2D eigenvalue weighted by Crippen LogP contribution is 2.18. The Labute approximate surface area is 110 Å². The lowest BCUT2D eigenvalue weighted by Crippen LogP contribution is -2.30. The summed E-state index contributed by atoms with van der Waals surface area (Å²) in [5, 5.41) is 3.41. The van der Waals surface area contributed by atoms with Crippen LogP contribution in [0.25, 0.3) is 0 Å². The molecule has 1 N–H and O–H groups in total. The van der Waals surface area contributed by atoms with E-state index < -0.39 is 0 Å². The van der Waals surface area contributed by atoms with Crippen LogP contribution in [0.1, 0.15) is 37.7 Å². The van der Waals surface area contributed by atoms with Crippen molar-refractivity contribution in [2.24, 2.45) is 0 Å². The molecule has 100 valence electrons. The highest BCUT2D eigenvalue weighted by Gasteiger charge is 2.16. The van der Waals surface area contributed by atoms with Crippen LogP contribution in [0.2, 0.25) is 0 Å². The van der Waals surface area contributed by atoms with Crippen molar-refractivity contribution in [3.63, 3.8) is 0 Å². The van der Waals surface area contributed by atoms with Crippen molar-refractivity contribution < 1.29 is 4.74 Å². The average molecular weight is 248 g/mol. The summed E-state index contributed by atoms with van der Waals surface area (Å²) < 4.78 is 5.78. The zero-order chi connectivity index (χ0) is 12.6. The van der Waals surface area contributed by atoms with Gasteiger partial charge in [-0.1, -0.05) is 6.07 Å². The summed E-state index contributed by atoms with van der Waals surface area (Å²) in [6, 6.07) is 4.68. The minimum absolute atomic E-state index is 0.489. The Morgan fingerprint density at radius 1 is 1.50 bits per heavy atom. The van der Waals surface area contributed by atoms with Crippen LogP contribution in [0.4, 0.5) is 0 Å². The van der Waals surface area contributed by atoms with Crippen LogP contribution >= 0.6 is 0 Å². The maximum absolute atomic E-state index is 5.78. The Kier molecular flexibility index (Phi) is 5.62. The third-order valence-corrected chi connectivity index (χ3v) is 3.72. The number of likely N-dealkylation sites (N-methyl/N-ethyl adjacent to an activating group) is 1. The first kappa shape index (κ1) is 13.5. The lowest BCUT2D eigenvalue weighted by Gasteiger charge is -2.24. The summed E-state index contributed by atoms with van der Waals surface area (Å²) in [6.07, 6.45) is 11.5. The molecule has 2 unspecified atom stereocenters. The molecule has 1 aromatic rings. The van der Waals surface area contributed by atoms with Crippen molar-refractivity contribution in [1.29, 1.82) is 0 Å². The zero-order valence-electron chi connectivity index (χ0n) is 11.3. The van der Waals surface area contributed by atoms with E-state index in [2.05, 4.69) is 16.4 Å². The number of pyridine rings is 1. The van der Waals surface area contributed by atoms with E-state index in [9.17, 15) is 0 Å². The van der Waals surface area contributed by atoms with Gasteiger partial charge in [-0.25, -0.2) is 0 Å². The van der Waals surface area contributed by atoms with Crippen LogP contribution < -0.4 is 5.32 Å². The molecular formula is C15H24N2O. The molecule has 1 saturated heterocycles. The van der Waals surface area contributed by atoms with Gasteiger partial charge in [0.15, 0.2) is 0 Å². The molecule has 2 heterocycles. The number of aromatic nitrogens is 1. The third-order valence-electron chi connectivity index (χ3n) is 3.72. The molecule has 0 amide bonds. The summed E-state index contributed by atoms with van der Waals surface area (Å²) in [5.74, 6) is 0. The molecule has 1 aliphatic rings. The van der Waals surface area contributed by atoms with Gasteiger partial charge < -0.3 is 10.1 Å². The van der Waals surface area contributed by atoms with E-state index in [4.69, 9.17) is 4.74 Å². The van der Waals surface area contributed by atoms with Gasteiger partial charge in [0, 0.05) is 25.0 Å². The molecule has 18 heavy (non-hydrogen) atoms. The molecule has 3 heteroatoms. The highest BCUT2D eigenvalue weighted by atomic mass is 16.5. The SMILES string of the molecule is CNC(CCC1CCCCO1)Cc1cccnc1. The van der Waals surface area contributed by atoms with E-state index >= 15 is 0 Å². The number of ether oxygens (including phenoxy) is 1. The lowest BCUT2D eigenvalue weighted by molar-refractivity contribution is 0.00870. The second kappa shape index (κ2) is 7.49. The number of hydrogen-bond acceptors (Lipinski definition) is 3. The first-order valence-electron chi connectivity index (χ1n) is 7.06. The fourth-order valence-electron chi connectivity index (χ4n) is 2.57. The molecule has 1 aliphatic heterocycles. The Hall–Kier alpha value is -0.930. The number of hydrogen-bond donors (Lipinski definition) is 1. The van der Waals surface area contributed by atoms with Crippen molar-refractivity contribution in [1.82, 2.24) is 10.3 Å². The van der Waals surface area contributed by atoms with E-state index in [0.29, 0.717) is 12.1 Å². The molecule has 3 nitrogen and oxygen atoms in total.